The highest BCUT2D eigenvalue weighted by molar-refractivity contribution is 5.81. The van der Waals surface area contributed by atoms with Gasteiger partial charge in [0.1, 0.15) is 0 Å². The molecule has 3 rings (SSSR count). The summed E-state index contributed by atoms with van der Waals surface area (Å²) in [6.45, 7) is 4.49. The first-order valence-electron chi connectivity index (χ1n) is 7.69. The molecule has 0 spiro atoms. The molecule has 112 valence electrons. The highest BCUT2D eigenvalue weighted by Crippen LogP contribution is 2.15. The summed E-state index contributed by atoms with van der Waals surface area (Å²) >= 11 is 0. The summed E-state index contributed by atoms with van der Waals surface area (Å²) in [5.74, 6) is 0. The molecule has 0 aliphatic carbocycles. The van der Waals surface area contributed by atoms with E-state index in [-0.39, 0.29) is 5.56 Å². The van der Waals surface area contributed by atoms with Gasteiger partial charge in [0, 0.05) is 37.3 Å². The third kappa shape index (κ3) is 3.17. The molecule has 1 fully saturated rings. The number of aromatic nitrogens is 1. The van der Waals surface area contributed by atoms with E-state index in [2.05, 4.69) is 12.2 Å². The van der Waals surface area contributed by atoms with E-state index in [1.807, 2.05) is 36.5 Å². The van der Waals surface area contributed by atoms with Crippen LogP contribution in [0.5, 0.6) is 0 Å². The summed E-state index contributed by atoms with van der Waals surface area (Å²) < 4.78 is 7.44. The Hall–Kier alpha value is -1.65. The number of ether oxygens (including phenoxy) is 1. The maximum Gasteiger partial charge on any atom is 0.258 e. The molecule has 0 saturated carbocycles. The Morgan fingerprint density at radius 1 is 1.38 bits per heavy atom. The van der Waals surface area contributed by atoms with E-state index < -0.39 is 0 Å². The highest BCUT2D eigenvalue weighted by Gasteiger charge is 2.21. The van der Waals surface area contributed by atoms with Gasteiger partial charge < -0.3 is 14.6 Å². The number of rotatable bonds is 5. The fourth-order valence-electron chi connectivity index (χ4n) is 2.95. The lowest BCUT2D eigenvalue weighted by atomic mass is 10.1. The van der Waals surface area contributed by atoms with Gasteiger partial charge in [-0.3, -0.25) is 4.79 Å². The van der Waals surface area contributed by atoms with Crippen molar-refractivity contribution in [2.45, 2.75) is 38.5 Å². The number of fused-ring (bicyclic) bond motifs is 1. The predicted octanol–water partition coefficient (Wildman–Crippen LogP) is 2.16. The maximum absolute atomic E-state index is 12.4. The summed E-state index contributed by atoms with van der Waals surface area (Å²) in [4.78, 5) is 12.4. The largest absolute Gasteiger partial charge is 0.377 e. The van der Waals surface area contributed by atoms with Gasteiger partial charge in [-0.2, -0.15) is 0 Å². The quantitative estimate of drug-likeness (QED) is 0.916. The number of pyridine rings is 1. The summed E-state index contributed by atoms with van der Waals surface area (Å²) in [6, 6.07) is 10.1. The average Bonchev–Trinajstić information content (AvgIpc) is 3.04. The Balaban J connectivity index is 1.63. The van der Waals surface area contributed by atoms with Crippen molar-refractivity contribution in [3.05, 3.63) is 46.9 Å². The lowest BCUT2D eigenvalue weighted by Gasteiger charge is -2.20. The zero-order valence-corrected chi connectivity index (χ0v) is 12.4. The van der Waals surface area contributed by atoms with E-state index in [0.717, 1.165) is 36.8 Å². The molecule has 4 heteroatoms. The standard InChI is InChI=1S/C17H22N2O2/c1-13(16-7-4-12-21-16)18-9-11-19-10-8-14-5-2-3-6-15(14)17(19)20/h2-3,5-6,8,10,13,16,18H,4,7,9,11-12H2,1H3. The van der Waals surface area contributed by atoms with Gasteiger partial charge in [0.25, 0.3) is 5.56 Å². The minimum absolute atomic E-state index is 0.0830. The van der Waals surface area contributed by atoms with E-state index in [4.69, 9.17) is 4.74 Å². The fraction of sp³-hybridized carbons (Fsp3) is 0.471. The molecule has 2 atom stereocenters. The third-order valence-electron chi connectivity index (χ3n) is 4.23. The minimum atomic E-state index is 0.0830. The molecule has 0 radical (unpaired) electrons. The van der Waals surface area contributed by atoms with Gasteiger partial charge in [-0.15, -0.1) is 0 Å². The predicted molar refractivity (Wildman–Crippen MR) is 84.6 cm³/mol. The van der Waals surface area contributed by atoms with Crippen molar-refractivity contribution in [3.63, 3.8) is 0 Å². The van der Waals surface area contributed by atoms with Crippen molar-refractivity contribution in [1.29, 1.82) is 0 Å². The van der Waals surface area contributed by atoms with Crippen LogP contribution in [0.25, 0.3) is 10.8 Å². The van der Waals surface area contributed by atoms with Crippen molar-refractivity contribution in [2.24, 2.45) is 0 Å². The number of hydrogen-bond acceptors (Lipinski definition) is 3. The van der Waals surface area contributed by atoms with Crippen LogP contribution in [0.4, 0.5) is 0 Å². The molecule has 2 heterocycles. The van der Waals surface area contributed by atoms with Gasteiger partial charge in [0.15, 0.2) is 0 Å². The van der Waals surface area contributed by atoms with E-state index in [1.165, 1.54) is 0 Å². The summed E-state index contributed by atoms with van der Waals surface area (Å²) in [7, 11) is 0. The monoisotopic (exact) mass is 286 g/mol. The van der Waals surface area contributed by atoms with Crippen molar-refractivity contribution in [1.82, 2.24) is 9.88 Å². The van der Waals surface area contributed by atoms with Crippen LogP contribution < -0.4 is 10.9 Å². The normalized spacial score (nSPS) is 20.0. The second-order valence-corrected chi connectivity index (χ2v) is 5.70. The van der Waals surface area contributed by atoms with Crippen molar-refractivity contribution in [3.8, 4) is 0 Å². The smallest absolute Gasteiger partial charge is 0.258 e. The first-order valence-corrected chi connectivity index (χ1v) is 7.69. The van der Waals surface area contributed by atoms with Gasteiger partial charge in [-0.1, -0.05) is 18.2 Å². The zero-order chi connectivity index (χ0) is 14.7. The molecule has 21 heavy (non-hydrogen) atoms. The molecule has 1 aromatic carbocycles. The number of benzene rings is 1. The van der Waals surface area contributed by atoms with E-state index in [9.17, 15) is 4.79 Å². The summed E-state index contributed by atoms with van der Waals surface area (Å²) in [5, 5.41) is 5.25. The number of nitrogens with one attached hydrogen (secondary N) is 1. The molecular weight excluding hydrogens is 264 g/mol. The molecule has 0 bridgehead atoms. The molecule has 1 aromatic heterocycles. The van der Waals surface area contributed by atoms with Crippen LogP contribution in [0.2, 0.25) is 0 Å². The van der Waals surface area contributed by atoms with E-state index in [1.54, 1.807) is 4.57 Å². The Morgan fingerprint density at radius 2 is 2.24 bits per heavy atom. The Morgan fingerprint density at radius 3 is 3.05 bits per heavy atom. The third-order valence-corrected chi connectivity index (χ3v) is 4.23. The second kappa shape index (κ2) is 6.41. The van der Waals surface area contributed by atoms with Crippen LogP contribution in [0, 0.1) is 0 Å². The molecule has 1 saturated heterocycles. The minimum Gasteiger partial charge on any atom is -0.377 e. The Bertz CT molecular complexity index is 659. The van der Waals surface area contributed by atoms with Crippen molar-refractivity contribution in [2.75, 3.05) is 13.2 Å². The van der Waals surface area contributed by atoms with Crippen LogP contribution in [0.1, 0.15) is 19.8 Å². The number of nitrogens with zero attached hydrogens (tertiary/aromatic N) is 1. The van der Waals surface area contributed by atoms with Crippen LogP contribution in [-0.4, -0.2) is 29.9 Å². The SMILES string of the molecule is CC(NCCn1ccc2ccccc2c1=O)C1CCCO1. The van der Waals surface area contributed by atoms with Crippen LogP contribution in [0.3, 0.4) is 0 Å². The summed E-state index contributed by atoms with van der Waals surface area (Å²) in [5.41, 5.74) is 0.0830. The molecule has 2 unspecified atom stereocenters. The van der Waals surface area contributed by atoms with Crippen LogP contribution >= 0.6 is 0 Å². The molecular formula is C17H22N2O2. The van der Waals surface area contributed by atoms with Gasteiger partial charge in [0.05, 0.1) is 6.10 Å². The molecule has 1 aliphatic rings. The highest BCUT2D eigenvalue weighted by atomic mass is 16.5. The Labute approximate surface area is 124 Å². The second-order valence-electron chi connectivity index (χ2n) is 5.70. The maximum atomic E-state index is 12.4. The molecule has 0 amide bonds. The molecule has 1 N–H and O–H groups in total. The topological polar surface area (TPSA) is 43.3 Å². The number of hydrogen-bond donors (Lipinski definition) is 1. The van der Waals surface area contributed by atoms with Gasteiger partial charge in [-0.05, 0) is 37.3 Å². The molecule has 2 aromatic rings. The lowest BCUT2D eigenvalue weighted by Crippen LogP contribution is -2.39. The lowest BCUT2D eigenvalue weighted by molar-refractivity contribution is 0.0835. The zero-order valence-electron chi connectivity index (χ0n) is 12.4. The first kappa shape index (κ1) is 14.3. The van der Waals surface area contributed by atoms with Gasteiger partial charge in [0.2, 0.25) is 0 Å². The van der Waals surface area contributed by atoms with Gasteiger partial charge in [-0.25, -0.2) is 0 Å². The molecule has 1 aliphatic heterocycles. The van der Waals surface area contributed by atoms with Crippen molar-refractivity contribution < 1.29 is 4.74 Å². The average molecular weight is 286 g/mol. The van der Waals surface area contributed by atoms with Crippen molar-refractivity contribution >= 4 is 10.8 Å². The van der Waals surface area contributed by atoms with Crippen LogP contribution in [-0.2, 0) is 11.3 Å². The summed E-state index contributed by atoms with van der Waals surface area (Å²) in [6.07, 6.45) is 4.48. The first-order chi connectivity index (χ1) is 10.3. The Kier molecular flexibility index (Phi) is 4.36. The van der Waals surface area contributed by atoms with E-state index >= 15 is 0 Å². The van der Waals surface area contributed by atoms with E-state index in [0.29, 0.717) is 18.7 Å². The van der Waals surface area contributed by atoms with Gasteiger partial charge >= 0.3 is 0 Å². The van der Waals surface area contributed by atoms with Crippen LogP contribution in [0.15, 0.2) is 41.3 Å². The molecule has 4 nitrogen and oxygen atoms in total. The fourth-order valence-corrected chi connectivity index (χ4v) is 2.95.